The van der Waals surface area contributed by atoms with E-state index in [1.807, 2.05) is 20.8 Å². The van der Waals surface area contributed by atoms with Gasteiger partial charge in [-0.25, -0.2) is 4.99 Å². The average molecular weight is 433 g/mol. The Morgan fingerprint density at radius 3 is 2.17 bits per heavy atom. The fourth-order valence-electron chi connectivity index (χ4n) is 2.31. The summed E-state index contributed by atoms with van der Waals surface area (Å²) in [6, 6.07) is 8.40. The van der Waals surface area contributed by atoms with Crippen molar-refractivity contribution in [3.63, 3.8) is 0 Å². The number of hydrogen-bond acceptors (Lipinski definition) is 2. The molecule has 0 aliphatic carbocycles. The Kier molecular flexibility index (Phi) is 11.3. The van der Waals surface area contributed by atoms with Gasteiger partial charge in [-0.1, -0.05) is 45.0 Å². The molecule has 4 nitrogen and oxygen atoms in total. The molecular formula is C18H32IN3O. The quantitative estimate of drug-likeness (QED) is 0.334. The molecule has 0 heterocycles. The third-order valence-corrected chi connectivity index (χ3v) is 4.15. The van der Waals surface area contributed by atoms with Crippen LogP contribution in [0.4, 0.5) is 0 Å². The van der Waals surface area contributed by atoms with E-state index in [1.165, 1.54) is 11.1 Å². The molecule has 0 unspecified atom stereocenters. The number of aryl methyl sites for hydroxylation is 1. The standard InChI is InChI=1S/C18H31N3O.HI/c1-5-15-11-9-10-12-16(15)13-20-17(19-8-4)21-14-18(22,6-2)7-3;/h9-12,22H,5-8,13-14H2,1-4H3,(H2,19,20,21);1H. The van der Waals surface area contributed by atoms with Gasteiger partial charge in [0.05, 0.1) is 12.1 Å². The molecule has 0 radical (unpaired) electrons. The topological polar surface area (TPSA) is 56.7 Å². The summed E-state index contributed by atoms with van der Waals surface area (Å²) in [4.78, 5) is 4.65. The van der Waals surface area contributed by atoms with Crippen molar-refractivity contribution in [2.24, 2.45) is 4.99 Å². The highest BCUT2D eigenvalue weighted by atomic mass is 127. The van der Waals surface area contributed by atoms with Crippen LogP contribution in [0.15, 0.2) is 29.3 Å². The van der Waals surface area contributed by atoms with Gasteiger partial charge >= 0.3 is 0 Å². The predicted octanol–water partition coefficient (Wildman–Crippen LogP) is 3.47. The Hall–Kier alpha value is -0.820. The Morgan fingerprint density at radius 1 is 1.04 bits per heavy atom. The van der Waals surface area contributed by atoms with Gasteiger partial charge in [0, 0.05) is 13.1 Å². The first-order valence-electron chi connectivity index (χ1n) is 8.39. The molecule has 1 aromatic rings. The smallest absolute Gasteiger partial charge is 0.191 e. The van der Waals surface area contributed by atoms with Gasteiger partial charge in [0.1, 0.15) is 0 Å². The summed E-state index contributed by atoms with van der Waals surface area (Å²) in [7, 11) is 0. The molecular weight excluding hydrogens is 401 g/mol. The number of nitrogens with zero attached hydrogens (tertiary/aromatic N) is 1. The maximum atomic E-state index is 10.4. The maximum Gasteiger partial charge on any atom is 0.191 e. The molecule has 0 saturated heterocycles. The fraction of sp³-hybridized carbons (Fsp3) is 0.611. The minimum Gasteiger partial charge on any atom is -0.388 e. The lowest BCUT2D eigenvalue weighted by molar-refractivity contribution is 0.0367. The van der Waals surface area contributed by atoms with Gasteiger partial charge in [-0.05, 0) is 37.3 Å². The van der Waals surface area contributed by atoms with Crippen LogP contribution in [0.2, 0.25) is 0 Å². The van der Waals surface area contributed by atoms with E-state index in [0.29, 0.717) is 13.1 Å². The molecule has 3 N–H and O–H groups in total. The highest BCUT2D eigenvalue weighted by Gasteiger charge is 2.22. The van der Waals surface area contributed by atoms with Crippen molar-refractivity contribution in [1.82, 2.24) is 10.6 Å². The minimum atomic E-state index is -0.669. The van der Waals surface area contributed by atoms with Crippen LogP contribution in [0.5, 0.6) is 0 Å². The lowest BCUT2D eigenvalue weighted by Gasteiger charge is -2.26. The summed E-state index contributed by atoms with van der Waals surface area (Å²) in [6.45, 7) is 10.2. The zero-order chi connectivity index (χ0) is 16.4. The number of aliphatic imine (C=N–C) groups is 1. The van der Waals surface area contributed by atoms with E-state index in [0.717, 1.165) is 31.8 Å². The normalized spacial score (nSPS) is 11.8. The molecule has 1 rings (SSSR count). The summed E-state index contributed by atoms with van der Waals surface area (Å²) in [5, 5.41) is 16.9. The summed E-state index contributed by atoms with van der Waals surface area (Å²) in [5.74, 6) is 0.758. The number of nitrogens with one attached hydrogen (secondary N) is 2. The summed E-state index contributed by atoms with van der Waals surface area (Å²) >= 11 is 0. The number of rotatable bonds is 8. The second-order valence-corrected chi connectivity index (χ2v) is 5.60. The van der Waals surface area contributed by atoms with Crippen molar-refractivity contribution >= 4 is 29.9 Å². The van der Waals surface area contributed by atoms with E-state index < -0.39 is 5.60 Å². The number of halogens is 1. The minimum absolute atomic E-state index is 0. The molecule has 1 aromatic carbocycles. The van der Waals surface area contributed by atoms with Gasteiger partial charge in [-0.2, -0.15) is 0 Å². The molecule has 0 bridgehead atoms. The largest absolute Gasteiger partial charge is 0.388 e. The van der Waals surface area contributed by atoms with E-state index in [2.05, 4.69) is 46.8 Å². The molecule has 0 aliphatic heterocycles. The van der Waals surface area contributed by atoms with E-state index in [-0.39, 0.29) is 24.0 Å². The Morgan fingerprint density at radius 2 is 1.65 bits per heavy atom. The first kappa shape index (κ1) is 22.2. The lowest BCUT2D eigenvalue weighted by atomic mass is 9.98. The van der Waals surface area contributed by atoms with Crippen molar-refractivity contribution in [2.75, 3.05) is 13.1 Å². The van der Waals surface area contributed by atoms with Crippen LogP contribution < -0.4 is 10.6 Å². The first-order chi connectivity index (χ1) is 10.6. The number of benzene rings is 1. The van der Waals surface area contributed by atoms with Crippen molar-refractivity contribution in [2.45, 2.75) is 59.1 Å². The molecule has 0 atom stereocenters. The predicted molar refractivity (Wildman–Crippen MR) is 110 cm³/mol. The highest BCUT2D eigenvalue weighted by Crippen LogP contribution is 2.13. The van der Waals surface area contributed by atoms with E-state index in [1.54, 1.807) is 0 Å². The van der Waals surface area contributed by atoms with Crippen LogP contribution in [0, 0.1) is 0 Å². The molecule has 0 aromatic heterocycles. The summed E-state index contributed by atoms with van der Waals surface area (Å²) < 4.78 is 0. The highest BCUT2D eigenvalue weighted by molar-refractivity contribution is 14.0. The monoisotopic (exact) mass is 433 g/mol. The van der Waals surface area contributed by atoms with Crippen LogP contribution in [0.3, 0.4) is 0 Å². The van der Waals surface area contributed by atoms with Gasteiger partial charge in [0.25, 0.3) is 0 Å². The lowest BCUT2D eigenvalue weighted by Crippen LogP contribution is -2.46. The SMILES string of the molecule is CCNC(=NCc1ccccc1CC)NCC(O)(CC)CC.I. The molecule has 0 spiro atoms. The van der Waals surface area contributed by atoms with Crippen molar-refractivity contribution in [3.05, 3.63) is 35.4 Å². The zero-order valence-electron chi connectivity index (χ0n) is 14.9. The van der Waals surface area contributed by atoms with Crippen molar-refractivity contribution < 1.29 is 5.11 Å². The second kappa shape index (κ2) is 11.7. The molecule has 132 valence electrons. The van der Waals surface area contributed by atoms with E-state index >= 15 is 0 Å². The molecule has 0 fully saturated rings. The van der Waals surface area contributed by atoms with Crippen LogP contribution in [-0.2, 0) is 13.0 Å². The Balaban J connectivity index is 0.00000484. The Bertz CT molecular complexity index is 473. The summed E-state index contributed by atoms with van der Waals surface area (Å²) in [5.41, 5.74) is 1.92. The van der Waals surface area contributed by atoms with Gasteiger partial charge in [-0.15, -0.1) is 24.0 Å². The van der Waals surface area contributed by atoms with Crippen LogP contribution in [0.25, 0.3) is 0 Å². The van der Waals surface area contributed by atoms with Crippen molar-refractivity contribution in [1.29, 1.82) is 0 Å². The van der Waals surface area contributed by atoms with Crippen molar-refractivity contribution in [3.8, 4) is 0 Å². The van der Waals surface area contributed by atoms with Gasteiger partial charge in [-0.3, -0.25) is 0 Å². The Labute approximate surface area is 158 Å². The molecule has 0 saturated carbocycles. The maximum absolute atomic E-state index is 10.4. The summed E-state index contributed by atoms with van der Waals surface area (Å²) in [6.07, 6.45) is 2.48. The third-order valence-electron chi connectivity index (χ3n) is 4.15. The number of guanidine groups is 1. The van der Waals surface area contributed by atoms with Crippen LogP contribution in [0.1, 0.15) is 51.7 Å². The van der Waals surface area contributed by atoms with Gasteiger partial charge in [0.15, 0.2) is 5.96 Å². The van der Waals surface area contributed by atoms with Gasteiger partial charge < -0.3 is 15.7 Å². The second-order valence-electron chi connectivity index (χ2n) is 5.60. The number of hydrogen-bond donors (Lipinski definition) is 3. The number of aliphatic hydroxyl groups is 1. The van der Waals surface area contributed by atoms with E-state index in [9.17, 15) is 5.11 Å². The third kappa shape index (κ3) is 7.52. The van der Waals surface area contributed by atoms with Crippen LogP contribution in [-0.4, -0.2) is 29.8 Å². The fourth-order valence-corrected chi connectivity index (χ4v) is 2.31. The molecule has 23 heavy (non-hydrogen) atoms. The van der Waals surface area contributed by atoms with E-state index in [4.69, 9.17) is 0 Å². The molecule has 5 heteroatoms. The first-order valence-corrected chi connectivity index (χ1v) is 8.39. The zero-order valence-corrected chi connectivity index (χ0v) is 17.2. The van der Waals surface area contributed by atoms with Crippen LogP contribution >= 0.6 is 24.0 Å². The average Bonchev–Trinajstić information content (AvgIpc) is 2.57. The molecule has 0 aliphatic rings. The molecule has 0 amide bonds. The van der Waals surface area contributed by atoms with Gasteiger partial charge in [0.2, 0.25) is 0 Å².